The number of carbonyl (C=O) groups is 1. The molecule has 0 N–H and O–H groups in total. The number of hydrogen-bond donors (Lipinski definition) is 0. The lowest BCUT2D eigenvalue weighted by Gasteiger charge is -2.21. The van der Waals surface area contributed by atoms with Crippen molar-refractivity contribution in [3.05, 3.63) is 48.6 Å². The van der Waals surface area contributed by atoms with E-state index in [0.29, 0.717) is 13.1 Å². The van der Waals surface area contributed by atoms with E-state index in [2.05, 4.69) is 6.58 Å². The number of rotatable bonds is 6. The molecule has 0 aliphatic heterocycles. The summed E-state index contributed by atoms with van der Waals surface area (Å²) in [7, 11) is 0. The van der Waals surface area contributed by atoms with Gasteiger partial charge in [0.25, 0.3) is 0 Å². The van der Waals surface area contributed by atoms with Crippen molar-refractivity contribution in [2.45, 2.75) is 19.9 Å². The Hall–Kier alpha value is -1.77. The zero-order valence-corrected chi connectivity index (χ0v) is 10.3. The molecule has 3 heteroatoms. The Kier molecular flexibility index (Phi) is 5.86. The SMILES string of the molecule is C=CCOC(=O)N(CCC)Cc1ccccc1. The number of hydrogen-bond acceptors (Lipinski definition) is 2. The van der Waals surface area contributed by atoms with Gasteiger partial charge < -0.3 is 9.64 Å². The summed E-state index contributed by atoms with van der Waals surface area (Å²) in [6.07, 6.45) is 2.20. The van der Waals surface area contributed by atoms with Crippen LogP contribution in [-0.2, 0) is 11.3 Å². The molecule has 0 heterocycles. The maximum atomic E-state index is 11.8. The maximum absolute atomic E-state index is 11.8. The summed E-state index contributed by atoms with van der Waals surface area (Å²) < 4.78 is 5.05. The van der Waals surface area contributed by atoms with Crippen molar-refractivity contribution >= 4 is 6.09 Å². The summed E-state index contributed by atoms with van der Waals surface area (Å²) >= 11 is 0. The van der Waals surface area contributed by atoms with Crippen LogP contribution in [0.2, 0.25) is 0 Å². The summed E-state index contributed by atoms with van der Waals surface area (Å²) in [5.41, 5.74) is 1.11. The number of benzene rings is 1. The summed E-state index contributed by atoms with van der Waals surface area (Å²) in [4.78, 5) is 13.5. The lowest BCUT2D eigenvalue weighted by Crippen LogP contribution is -2.31. The molecule has 17 heavy (non-hydrogen) atoms. The van der Waals surface area contributed by atoms with E-state index < -0.39 is 0 Å². The number of ether oxygens (including phenoxy) is 1. The van der Waals surface area contributed by atoms with E-state index in [1.807, 2.05) is 37.3 Å². The van der Waals surface area contributed by atoms with Gasteiger partial charge in [-0.3, -0.25) is 0 Å². The largest absolute Gasteiger partial charge is 0.445 e. The van der Waals surface area contributed by atoms with Crippen LogP contribution in [0.3, 0.4) is 0 Å². The molecule has 0 aromatic heterocycles. The highest BCUT2D eigenvalue weighted by molar-refractivity contribution is 5.67. The van der Waals surface area contributed by atoms with Crippen LogP contribution in [0.25, 0.3) is 0 Å². The van der Waals surface area contributed by atoms with Crippen molar-refractivity contribution < 1.29 is 9.53 Å². The van der Waals surface area contributed by atoms with E-state index in [1.54, 1.807) is 11.0 Å². The van der Waals surface area contributed by atoms with Gasteiger partial charge >= 0.3 is 6.09 Å². The molecular formula is C14H19NO2. The quantitative estimate of drug-likeness (QED) is 0.706. The normalized spacial score (nSPS) is 9.71. The Morgan fingerprint density at radius 3 is 2.71 bits per heavy atom. The average Bonchev–Trinajstić information content (AvgIpc) is 2.36. The number of amides is 1. The highest BCUT2D eigenvalue weighted by atomic mass is 16.6. The number of carbonyl (C=O) groups excluding carboxylic acids is 1. The van der Waals surface area contributed by atoms with Crippen LogP contribution in [0, 0.1) is 0 Å². The fraction of sp³-hybridized carbons (Fsp3) is 0.357. The molecule has 0 bridgehead atoms. The van der Waals surface area contributed by atoms with E-state index in [1.165, 1.54) is 0 Å². The van der Waals surface area contributed by atoms with Crippen LogP contribution in [0.4, 0.5) is 4.79 Å². The third kappa shape index (κ3) is 4.72. The second-order valence-electron chi connectivity index (χ2n) is 3.77. The van der Waals surface area contributed by atoms with Crippen molar-refractivity contribution in [2.75, 3.05) is 13.2 Å². The summed E-state index contributed by atoms with van der Waals surface area (Å²) in [6.45, 7) is 7.11. The van der Waals surface area contributed by atoms with Crippen LogP contribution < -0.4 is 0 Å². The van der Waals surface area contributed by atoms with Gasteiger partial charge in [-0.05, 0) is 12.0 Å². The molecule has 1 aromatic carbocycles. The van der Waals surface area contributed by atoms with Gasteiger partial charge in [0.1, 0.15) is 6.61 Å². The molecule has 0 radical (unpaired) electrons. The molecule has 1 amide bonds. The van der Waals surface area contributed by atoms with Gasteiger partial charge in [0.05, 0.1) is 0 Å². The third-order valence-electron chi connectivity index (χ3n) is 2.29. The first-order valence-corrected chi connectivity index (χ1v) is 5.84. The Morgan fingerprint density at radius 2 is 2.12 bits per heavy atom. The van der Waals surface area contributed by atoms with E-state index in [0.717, 1.165) is 12.0 Å². The van der Waals surface area contributed by atoms with Crippen molar-refractivity contribution in [1.82, 2.24) is 4.90 Å². The Labute approximate surface area is 103 Å². The van der Waals surface area contributed by atoms with Crippen LogP contribution in [0.1, 0.15) is 18.9 Å². The van der Waals surface area contributed by atoms with Gasteiger partial charge in [0.15, 0.2) is 0 Å². The molecule has 0 unspecified atom stereocenters. The topological polar surface area (TPSA) is 29.5 Å². The molecule has 0 fully saturated rings. The van der Waals surface area contributed by atoms with E-state index in [4.69, 9.17) is 4.74 Å². The predicted molar refractivity (Wildman–Crippen MR) is 68.7 cm³/mol. The maximum Gasteiger partial charge on any atom is 0.410 e. The van der Waals surface area contributed by atoms with Crippen LogP contribution >= 0.6 is 0 Å². The highest BCUT2D eigenvalue weighted by Crippen LogP contribution is 2.06. The molecule has 0 spiro atoms. The minimum atomic E-state index is -0.282. The third-order valence-corrected chi connectivity index (χ3v) is 2.29. The van der Waals surface area contributed by atoms with Gasteiger partial charge in [-0.15, -0.1) is 0 Å². The van der Waals surface area contributed by atoms with Crippen LogP contribution in [-0.4, -0.2) is 24.1 Å². The smallest absolute Gasteiger partial charge is 0.410 e. The van der Waals surface area contributed by atoms with Gasteiger partial charge in [0.2, 0.25) is 0 Å². The molecular weight excluding hydrogens is 214 g/mol. The lowest BCUT2D eigenvalue weighted by molar-refractivity contribution is 0.110. The molecule has 0 saturated carbocycles. The van der Waals surface area contributed by atoms with Crippen molar-refractivity contribution in [3.63, 3.8) is 0 Å². The highest BCUT2D eigenvalue weighted by Gasteiger charge is 2.13. The van der Waals surface area contributed by atoms with Gasteiger partial charge in [-0.25, -0.2) is 4.79 Å². The second kappa shape index (κ2) is 7.49. The van der Waals surface area contributed by atoms with Crippen LogP contribution in [0.15, 0.2) is 43.0 Å². The lowest BCUT2D eigenvalue weighted by atomic mass is 10.2. The fourth-order valence-electron chi connectivity index (χ4n) is 1.53. The van der Waals surface area contributed by atoms with Crippen molar-refractivity contribution in [3.8, 4) is 0 Å². The summed E-state index contributed by atoms with van der Waals surface area (Å²) in [6, 6.07) is 9.90. The molecule has 0 aliphatic carbocycles. The molecule has 1 rings (SSSR count). The standard InChI is InChI=1S/C14H19NO2/c1-3-10-15(14(16)17-11-4-2)12-13-8-6-5-7-9-13/h4-9H,2-3,10-12H2,1H3. The van der Waals surface area contributed by atoms with E-state index >= 15 is 0 Å². The average molecular weight is 233 g/mol. The summed E-state index contributed by atoms with van der Waals surface area (Å²) in [5.74, 6) is 0. The van der Waals surface area contributed by atoms with Crippen molar-refractivity contribution in [2.24, 2.45) is 0 Å². The minimum absolute atomic E-state index is 0.258. The molecule has 0 atom stereocenters. The van der Waals surface area contributed by atoms with E-state index in [-0.39, 0.29) is 12.7 Å². The van der Waals surface area contributed by atoms with E-state index in [9.17, 15) is 4.79 Å². The second-order valence-corrected chi connectivity index (χ2v) is 3.77. The fourth-order valence-corrected chi connectivity index (χ4v) is 1.53. The zero-order chi connectivity index (χ0) is 12.5. The first kappa shape index (κ1) is 13.3. The van der Waals surface area contributed by atoms with Gasteiger partial charge in [-0.1, -0.05) is 49.9 Å². The molecule has 3 nitrogen and oxygen atoms in total. The van der Waals surface area contributed by atoms with Crippen LogP contribution in [0.5, 0.6) is 0 Å². The Bertz CT molecular complexity index is 348. The molecule has 0 aliphatic rings. The summed E-state index contributed by atoms with van der Waals surface area (Å²) in [5, 5.41) is 0. The Morgan fingerprint density at radius 1 is 1.41 bits per heavy atom. The monoisotopic (exact) mass is 233 g/mol. The first-order valence-electron chi connectivity index (χ1n) is 5.84. The minimum Gasteiger partial charge on any atom is -0.445 e. The molecule has 1 aromatic rings. The Balaban J connectivity index is 2.59. The zero-order valence-electron chi connectivity index (χ0n) is 10.3. The molecule has 0 saturated heterocycles. The molecule has 92 valence electrons. The first-order chi connectivity index (χ1) is 8.27. The number of nitrogens with zero attached hydrogens (tertiary/aromatic N) is 1. The van der Waals surface area contributed by atoms with Crippen molar-refractivity contribution in [1.29, 1.82) is 0 Å². The van der Waals surface area contributed by atoms with Gasteiger partial charge in [-0.2, -0.15) is 0 Å². The van der Waals surface area contributed by atoms with Gasteiger partial charge in [0, 0.05) is 13.1 Å². The predicted octanol–water partition coefficient (Wildman–Crippen LogP) is 3.22.